The van der Waals surface area contributed by atoms with Gasteiger partial charge in [0.25, 0.3) is 0 Å². The third-order valence-corrected chi connectivity index (χ3v) is 5.24. The summed E-state index contributed by atoms with van der Waals surface area (Å²) in [6, 6.07) is 0. The summed E-state index contributed by atoms with van der Waals surface area (Å²) >= 11 is 0. The standard InChI is InChI=1S/C14H20O5/c1-9(15)10-4-3-5-13(10)11(12(16)17-2)8-14(13)18-6-7-19-14/h10-11H,3-8H2,1-2H3/t10-,11+,13+/m0/s1. The number of methoxy groups -OCH3 is 1. The molecule has 2 aliphatic carbocycles. The Kier molecular flexibility index (Phi) is 2.94. The highest BCUT2D eigenvalue weighted by Crippen LogP contribution is 2.68. The first-order valence-corrected chi connectivity index (χ1v) is 6.93. The number of hydrogen-bond acceptors (Lipinski definition) is 5. The van der Waals surface area contributed by atoms with Crippen LogP contribution < -0.4 is 0 Å². The first-order valence-electron chi connectivity index (χ1n) is 6.93. The van der Waals surface area contributed by atoms with E-state index in [9.17, 15) is 9.59 Å². The van der Waals surface area contributed by atoms with E-state index in [-0.39, 0.29) is 23.6 Å². The van der Waals surface area contributed by atoms with Gasteiger partial charge < -0.3 is 14.2 Å². The number of esters is 1. The molecule has 3 fully saturated rings. The van der Waals surface area contributed by atoms with Crippen LogP contribution in [0.2, 0.25) is 0 Å². The van der Waals surface area contributed by atoms with Crippen molar-refractivity contribution in [1.29, 1.82) is 0 Å². The number of ether oxygens (including phenoxy) is 3. The zero-order valence-corrected chi connectivity index (χ0v) is 11.4. The molecule has 3 rings (SSSR count). The predicted molar refractivity (Wildman–Crippen MR) is 65.2 cm³/mol. The molecule has 0 N–H and O–H groups in total. The van der Waals surface area contributed by atoms with Crippen molar-refractivity contribution in [1.82, 2.24) is 0 Å². The van der Waals surface area contributed by atoms with Gasteiger partial charge >= 0.3 is 5.97 Å². The van der Waals surface area contributed by atoms with Crippen molar-refractivity contribution in [2.75, 3.05) is 20.3 Å². The van der Waals surface area contributed by atoms with Crippen LogP contribution in [0.3, 0.4) is 0 Å². The quantitative estimate of drug-likeness (QED) is 0.706. The summed E-state index contributed by atoms with van der Waals surface area (Å²) in [6.45, 7) is 2.69. The van der Waals surface area contributed by atoms with Gasteiger partial charge in [-0.2, -0.15) is 0 Å². The first-order chi connectivity index (χ1) is 9.07. The number of ketones is 1. The molecule has 0 unspecified atom stereocenters. The van der Waals surface area contributed by atoms with Gasteiger partial charge in [-0.15, -0.1) is 0 Å². The molecular formula is C14H20O5. The lowest BCUT2D eigenvalue weighted by Gasteiger charge is -2.60. The number of carbonyl (C=O) groups is 2. The summed E-state index contributed by atoms with van der Waals surface area (Å²) in [7, 11) is 1.40. The Labute approximate surface area is 112 Å². The molecule has 3 atom stereocenters. The molecule has 5 heteroatoms. The molecule has 0 aromatic rings. The smallest absolute Gasteiger partial charge is 0.309 e. The maximum absolute atomic E-state index is 12.0. The number of Topliss-reactive ketones (excluding diaryl/α,β-unsaturated/α-hetero) is 1. The van der Waals surface area contributed by atoms with E-state index in [0.717, 1.165) is 19.3 Å². The van der Waals surface area contributed by atoms with Gasteiger partial charge in [0.15, 0.2) is 5.79 Å². The van der Waals surface area contributed by atoms with Gasteiger partial charge in [-0.1, -0.05) is 6.42 Å². The SMILES string of the molecule is COC(=O)[C@H]1CC2(OCCO2)[C@@]12CCC[C@H]2C(C)=O. The van der Waals surface area contributed by atoms with E-state index in [1.165, 1.54) is 7.11 Å². The number of hydrogen-bond donors (Lipinski definition) is 0. The molecule has 0 aromatic carbocycles. The second-order valence-electron chi connectivity index (χ2n) is 5.83. The Balaban J connectivity index is 1.99. The van der Waals surface area contributed by atoms with E-state index in [0.29, 0.717) is 19.6 Å². The molecule has 0 bridgehead atoms. The zero-order valence-electron chi connectivity index (χ0n) is 11.4. The van der Waals surface area contributed by atoms with Gasteiger partial charge in [0.2, 0.25) is 0 Å². The highest BCUT2D eigenvalue weighted by molar-refractivity contribution is 5.83. The molecule has 0 amide bonds. The average molecular weight is 268 g/mol. The Hall–Kier alpha value is -0.940. The van der Waals surface area contributed by atoms with Gasteiger partial charge in [0.1, 0.15) is 5.78 Å². The van der Waals surface area contributed by atoms with Gasteiger partial charge in [0, 0.05) is 17.8 Å². The Morgan fingerprint density at radius 1 is 1.21 bits per heavy atom. The predicted octanol–water partition coefficient (Wildman–Crippen LogP) is 1.30. The van der Waals surface area contributed by atoms with E-state index in [1.54, 1.807) is 6.92 Å². The van der Waals surface area contributed by atoms with Crippen molar-refractivity contribution in [2.45, 2.75) is 38.4 Å². The fraction of sp³-hybridized carbons (Fsp3) is 0.857. The third kappa shape index (κ3) is 1.48. The lowest BCUT2D eigenvalue weighted by atomic mass is 9.50. The van der Waals surface area contributed by atoms with Crippen LogP contribution in [0.25, 0.3) is 0 Å². The van der Waals surface area contributed by atoms with Gasteiger partial charge in [-0.3, -0.25) is 9.59 Å². The molecule has 1 heterocycles. The minimum Gasteiger partial charge on any atom is -0.469 e. The summed E-state index contributed by atoms with van der Waals surface area (Å²) in [5.74, 6) is -1.25. The molecule has 1 aliphatic heterocycles. The van der Waals surface area contributed by atoms with Crippen LogP contribution in [0.4, 0.5) is 0 Å². The largest absolute Gasteiger partial charge is 0.469 e. The number of carbonyl (C=O) groups excluding carboxylic acids is 2. The topological polar surface area (TPSA) is 61.8 Å². The van der Waals surface area contributed by atoms with Crippen molar-refractivity contribution < 1.29 is 23.8 Å². The van der Waals surface area contributed by atoms with Gasteiger partial charge in [0.05, 0.1) is 26.2 Å². The molecule has 0 radical (unpaired) electrons. The lowest BCUT2D eigenvalue weighted by Crippen LogP contribution is -2.69. The van der Waals surface area contributed by atoms with Crippen LogP contribution in [-0.2, 0) is 23.8 Å². The highest BCUT2D eigenvalue weighted by atomic mass is 16.7. The van der Waals surface area contributed by atoms with Gasteiger partial charge in [-0.05, 0) is 19.8 Å². The fourth-order valence-corrected chi connectivity index (χ4v) is 4.52. The molecule has 106 valence electrons. The normalized spacial score (nSPS) is 39.5. The molecule has 3 aliphatic rings. The van der Waals surface area contributed by atoms with Crippen LogP contribution in [0.15, 0.2) is 0 Å². The van der Waals surface area contributed by atoms with Crippen molar-refractivity contribution in [2.24, 2.45) is 17.3 Å². The zero-order chi connectivity index (χ0) is 13.7. The van der Waals surface area contributed by atoms with Gasteiger partial charge in [-0.25, -0.2) is 0 Å². The van der Waals surface area contributed by atoms with Crippen molar-refractivity contribution >= 4 is 11.8 Å². The van der Waals surface area contributed by atoms with Crippen molar-refractivity contribution in [3.05, 3.63) is 0 Å². The number of rotatable bonds is 2. The highest BCUT2D eigenvalue weighted by Gasteiger charge is 2.75. The first kappa shape index (κ1) is 13.1. The van der Waals surface area contributed by atoms with Crippen LogP contribution in [0.5, 0.6) is 0 Å². The van der Waals surface area contributed by atoms with Crippen molar-refractivity contribution in [3.63, 3.8) is 0 Å². The lowest BCUT2D eigenvalue weighted by molar-refractivity contribution is -0.332. The van der Waals surface area contributed by atoms with Crippen LogP contribution in [-0.4, -0.2) is 37.9 Å². The monoisotopic (exact) mass is 268 g/mol. The molecule has 19 heavy (non-hydrogen) atoms. The summed E-state index contributed by atoms with van der Waals surface area (Å²) in [5.41, 5.74) is -0.498. The summed E-state index contributed by atoms with van der Waals surface area (Å²) in [6.07, 6.45) is 3.07. The summed E-state index contributed by atoms with van der Waals surface area (Å²) < 4.78 is 16.6. The molecule has 2 spiro atoms. The minimum atomic E-state index is -0.724. The Morgan fingerprint density at radius 3 is 2.47 bits per heavy atom. The molecular weight excluding hydrogens is 248 g/mol. The second kappa shape index (κ2) is 4.28. The van der Waals surface area contributed by atoms with E-state index in [4.69, 9.17) is 14.2 Å². The maximum atomic E-state index is 12.0. The molecule has 2 saturated carbocycles. The maximum Gasteiger partial charge on any atom is 0.309 e. The molecule has 5 nitrogen and oxygen atoms in total. The van der Waals surface area contributed by atoms with Crippen LogP contribution in [0.1, 0.15) is 32.6 Å². The summed E-state index contributed by atoms with van der Waals surface area (Å²) in [4.78, 5) is 24.0. The van der Waals surface area contributed by atoms with E-state index < -0.39 is 11.2 Å². The number of fused-ring (bicyclic) bond motifs is 1. The van der Waals surface area contributed by atoms with E-state index in [1.807, 2.05) is 0 Å². The molecule has 1 saturated heterocycles. The van der Waals surface area contributed by atoms with E-state index in [2.05, 4.69) is 0 Å². The summed E-state index contributed by atoms with van der Waals surface area (Å²) in [5, 5.41) is 0. The minimum absolute atomic E-state index is 0.129. The van der Waals surface area contributed by atoms with Crippen LogP contribution in [0, 0.1) is 17.3 Å². The Morgan fingerprint density at radius 2 is 1.89 bits per heavy atom. The average Bonchev–Trinajstić information content (AvgIpc) is 3.03. The van der Waals surface area contributed by atoms with E-state index >= 15 is 0 Å². The Bertz CT molecular complexity index is 412. The van der Waals surface area contributed by atoms with Crippen molar-refractivity contribution in [3.8, 4) is 0 Å². The second-order valence-corrected chi connectivity index (χ2v) is 5.83. The molecule has 0 aromatic heterocycles. The fourth-order valence-electron chi connectivity index (χ4n) is 4.52. The van der Waals surface area contributed by atoms with Crippen LogP contribution >= 0.6 is 0 Å². The third-order valence-electron chi connectivity index (χ3n) is 5.24.